The van der Waals surface area contributed by atoms with Gasteiger partial charge in [-0.05, 0) is 29.8 Å². The number of benzene rings is 2. The number of aromatic nitrogens is 5. The van der Waals surface area contributed by atoms with Crippen molar-refractivity contribution >= 4 is 22.4 Å². The Hall–Kier alpha value is -4.97. The van der Waals surface area contributed by atoms with Gasteiger partial charge in [0.25, 0.3) is 0 Å². The summed E-state index contributed by atoms with van der Waals surface area (Å²) in [5.41, 5.74) is 6.20. The first-order valence-corrected chi connectivity index (χ1v) is 11.2. The Morgan fingerprint density at radius 2 is 1.75 bits per heavy atom. The maximum Gasteiger partial charge on any atom is 0.124 e. The summed E-state index contributed by atoms with van der Waals surface area (Å²) in [5.74, 6) is 1.31. The molecule has 0 aliphatic carbocycles. The van der Waals surface area contributed by atoms with Crippen LogP contribution in [-0.2, 0) is 13.6 Å². The molecular weight excluding hydrogens is 454 g/mol. The normalized spacial score (nSPS) is 10.7. The van der Waals surface area contributed by atoms with Crippen molar-refractivity contribution in [3.63, 3.8) is 0 Å². The molecule has 36 heavy (non-hydrogen) atoms. The second-order valence-corrected chi connectivity index (χ2v) is 8.13. The predicted octanol–water partition coefficient (Wildman–Crippen LogP) is 4.65. The van der Waals surface area contributed by atoms with Crippen LogP contribution >= 0.6 is 0 Å². The molecule has 0 saturated carbocycles. The van der Waals surface area contributed by atoms with Crippen LogP contribution in [-0.4, -0.2) is 39.0 Å². The number of hydrogen-bond acceptors (Lipinski definition) is 8. The Morgan fingerprint density at radius 3 is 2.44 bits per heavy atom. The molecule has 5 aromatic rings. The fraction of sp³-hybridized carbons (Fsp3) is 0.148. The largest absolute Gasteiger partial charge is 0.497 e. The molecule has 9 heteroatoms. The summed E-state index contributed by atoms with van der Waals surface area (Å²) in [5, 5.41) is 13.9. The van der Waals surface area contributed by atoms with E-state index in [9.17, 15) is 5.26 Å². The van der Waals surface area contributed by atoms with Crippen LogP contribution in [0.5, 0.6) is 11.5 Å². The van der Waals surface area contributed by atoms with Crippen LogP contribution in [0.4, 0.5) is 11.4 Å². The molecule has 5 rings (SSSR count). The lowest BCUT2D eigenvalue weighted by molar-refractivity contribution is 0.394. The fourth-order valence-electron chi connectivity index (χ4n) is 3.97. The second-order valence-electron chi connectivity index (χ2n) is 8.13. The van der Waals surface area contributed by atoms with E-state index in [1.165, 1.54) is 0 Å². The summed E-state index contributed by atoms with van der Waals surface area (Å²) in [6.07, 6.45) is 8.68. The highest BCUT2D eigenvalue weighted by atomic mass is 16.5. The van der Waals surface area contributed by atoms with Gasteiger partial charge in [0.1, 0.15) is 17.6 Å². The minimum absolute atomic E-state index is 0.420. The zero-order valence-corrected chi connectivity index (χ0v) is 20.1. The summed E-state index contributed by atoms with van der Waals surface area (Å²) >= 11 is 0. The average molecular weight is 478 g/mol. The Morgan fingerprint density at radius 1 is 0.944 bits per heavy atom. The van der Waals surface area contributed by atoms with Crippen molar-refractivity contribution in [2.24, 2.45) is 7.05 Å². The molecule has 9 nitrogen and oxygen atoms in total. The lowest BCUT2D eigenvalue weighted by atomic mass is 10.1. The second kappa shape index (κ2) is 9.72. The van der Waals surface area contributed by atoms with Gasteiger partial charge in [0.2, 0.25) is 0 Å². The Labute approximate surface area is 208 Å². The number of pyridine rings is 1. The van der Waals surface area contributed by atoms with Gasteiger partial charge in [-0.25, -0.2) is 4.98 Å². The number of fused-ring (bicyclic) bond motifs is 1. The first-order valence-electron chi connectivity index (χ1n) is 11.2. The van der Waals surface area contributed by atoms with Crippen LogP contribution in [0, 0.1) is 11.3 Å². The van der Waals surface area contributed by atoms with Crippen LogP contribution < -0.4 is 14.4 Å². The first-order chi connectivity index (χ1) is 17.6. The van der Waals surface area contributed by atoms with Gasteiger partial charge in [-0.1, -0.05) is 0 Å². The van der Waals surface area contributed by atoms with E-state index in [1.54, 1.807) is 43.7 Å². The maximum atomic E-state index is 9.65. The van der Waals surface area contributed by atoms with Gasteiger partial charge in [-0.3, -0.25) is 14.6 Å². The van der Waals surface area contributed by atoms with Crippen LogP contribution in [0.15, 0.2) is 73.4 Å². The third kappa shape index (κ3) is 4.52. The Kier molecular flexibility index (Phi) is 6.16. The summed E-state index contributed by atoms with van der Waals surface area (Å²) in [7, 11) is 5.10. The molecule has 0 N–H and O–H groups in total. The molecule has 178 valence electrons. The summed E-state index contributed by atoms with van der Waals surface area (Å²) in [4.78, 5) is 15.6. The maximum absolute atomic E-state index is 9.65. The first kappa shape index (κ1) is 22.8. The van der Waals surface area contributed by atoms with E-state index in [2.05, 4.69) is 26.0 Å². The molecule has 0 unspecified atom stereocenters. The molecule has 0 fully saturated rings. The van der Waals surface area contributed by atoms with E-state index in [-0.39, 0.29) is 0 Å². The smallest absolute Gasteiger partial charge is 0.124 e. The predicted molar refractivity (Wildman–Crippen MR) is 136 cm³/mol. The van der Waals surface area contributed by atoms with E-state index in [0.29, 0.717) is 23.6 Å². The van der Waals surface area contributed by atoms with E-state index in [4.69, 9.17) is 14.5 Å². The molecule has 0 aliphatic heterocycles. The summed E-state index contributed by atoms with van der Waals surface area (Å²) in [6, 6.07) is 15.7. The van der Waals surface area contributed by atoms with E-state index in [1.807, 2.05) is 55.7 Å². The third-order valence-electron chi connectivity index (χ3n) is 5.85. The SMILES string of the molecule is COc1cc(OC)cc(N(Cc2ccncc2C#N)c2ccc3ncc(-c4cnn(C)c4)nc3c2)c1. The number of ether oxygens (including phenoxy) is 2. The Bertz CT molecular complexity index is 1570. The van der Waals surface area contributed by atoms with Gasteiger partial charge in [0.15, 0.2) is 0 Å². The van der Waals surface area contributed by atoms with Gasteiger partial charge in [0.05, 0.1) is 48.9 Å². The molecule has 2 aromatic carbocycles. The van der Waals surface area contributed by atoms with Crippen molar-refractivity contribution in [2.75, 3.05) is 19.1 Å². The minimum Gasteiger partial charge on any atom is -0.497 e. The van der Waals surface area contributed by atoms with Crippen molar-refractivity contribution in [2.45, 2.75) is 6.54 Å². The van der Waals surface area contributed by atoms with Crippen molar-refractivity contribution in [1.82, 2.24) is 24.7 Å². The van der Waals surface area contributed by atoms with Gasteiger partial charge >= 0.3 is 0 Å². The quantitative estimate of drug-likeness (QED) is 0.334. The van der Waals surface area contributed by atoms with Crippen molar-refractivity contribution in [1.29, 1.82) is 5.26 Å². The average Bonchev–Trinajstić information content (AvgIpc) is 3.37. The molecule has 0 radical (unpaired) electrons. The van der Waals surface area contributed by atoms with Crippen LogP contribution in [0.1, 0.15) is 11.1 Å². The molecule has 3 heterocycles. The van der Waals surface area contributed by atoms with Crippen molar-refractivity contribution in [3.8, 4) is 28.8 Å². The molecular formula is C27H23N7O2. The number of aryl methyl sites for hydroxylation is 1. The van der Waals surface area contributed by atoms with E-state index < -0.39 is 0 Å². The van der Waals surface area contributed by atoms with Crippen molar-refractivity contribution < 1.29 is 9.47 Å². The molecule has 0 atom stereocenters. The van der Waals surface area contributed by atoms with E-state index >= 15 is 0 Å². The van der Waals surface area contributed by atoms with Crippen LogP contribution in [0.3, 0.4) is 0 Å². The lowest BCUT2D eigenvalue weighted by Crippen LogP contribution is -2.17. The number of nitrogens with zero attached hydrogens (tertiary/aromatic N) is 7. The van der Waals surface area contributed by atoms with Gasteiger partial charge in [0, 0.05) is 67.3 Å². The Balaban J connectivity index is 1.65. The highest BCUT2D eigenvalue weighted by molar-refractivity contribution is 5.82. The standard InChI is InChI=1S/C27H23N7O2/c1-33-16-20(14-31-33)27-15-30-25-5-4-21(10-26(25)32-27)34(17-18-6-7-29-13-19(18)12-28)22-8-23(35-2)11-24(9-22)36-3/h4-11,13-16H,17H2,1-3H3. The van der Waals surface area contributed by atoms with Gasteiger partial charge in [-0.15, -0.1) is 0 Å². The van der Waals surface area contributed by atoms with E-state index in [0.717, 1.165) is 39.2 Å². The summed E-state index contributed by atoms with van der Waals surface area (Å²) in [6.45, 7) is 0.420. The molecule has 0 aliphatic rings. The molecule has 3 aromatic heterocycles. The topological polar surface area (TPSA) is 102 Å². The molecule has 0 spiro atoms. The van der Waals surface area contributed by atoms with Crippen LogP contribution in [0.2, 0.25) is 0 Å². The summed E-state index contributed by atoms with van der Waals surface area (Å²) < 4.78 is 12.8. The monoisotopic (exact) mass is 477 g/mol. The van der Waals surface area contributed by atoms with Gasteiger partial charge < -0.3 is 14.4 Å². The highest BCUT2D eigenvalue weighted by Gasteiger charge is 2.17. The van der Waals surface area contributed by atoms with Crippen molar-refractivity contribution in [3.05, 3.63) is 84.6 Å². The molecule has 0 saturated heterocycles. The zero-order chi connectivity index (χ0) is 25.1. The molecule has 0 amide bonds. The number of nitriles is 1. The third-order valence-corrected chi connectivity index (χ3v) is 5.85. The highest BCUT2D eigenvalue weighted by Crippen LogP contribution is 2.35. The lowest BCUT2D eigenvalue weighted by Gasteiger charge is -2.26. The number of hydrogen-bond donors (Lipinski definition) is 0. The molecule has 0 bridgehead atoms. The minimum atomic E-state index is 0.420. The fourth-order valence-corrected chi connectivity index (χ4v) is 3.97. The number of methoxy groups -OCH3 is 2. The van der Waals surface area contributed by atoms with Crippen LogP contribution in [0.25, 0.3) is 22.3 Å². The zero-order valence-electron chi connectivity index (χ0n) is 20.1. The number of rotatable bonds is 7. The number of anilines is 2. The van der Waals surface area contributed by atoms with Gasteiger partial charge in [-0.2, -0.15) is 10.4 Å².